The maximum Gasteiger partial charge on any atom is 0.227 e. The van der Waals surface area contributed by atoms with Gasteiger partial charge in [-0.2, -0.15) is 0 Å². The summed E-state index contributed by atoms with van der Waals surface area (Å²) in [7, 11) is 1.82. The lowest BCUT2D eigenvalue weighted by Gasteiger charge is -2.19. The van der Waals surface area contributed by atoms with Gasteiger partial charge in [-0.25, -0.2) is 0 Å². The maximum absolute atomic E-state index is 11.9. The lowest BCUT2D eigenvalue weighted by atomic mass is 10.1. The SMILES string of the molecule is CN(Cc1ccco1)C(=O)[C@@H]1CCNC1. The molecule has 1 aliphatic rings. The van der Waals surface area contributed by atoms with Crippen molar-refractivity contribution in [3.05, 3.63) is 24.2 Å². The minimum Gasteiger partial charge on any atom is -0.467 e. The van der Waals surface area contributed by atoms with Gasteiger partial charge < -0.3 is 14.6 Å². The monoisotopic (exact) mass is 208 g/mol. The van der Waals surface area contributed by atoms with Crippen LogP contribution in [0.5, 0.6) is 0 Å². The first kappa shape index (κ1) is 10.2. The van der Waals surface area contributed by atoms with Gasteiger partial charge in [0.15, 0.2) is 0 Å². The topological polar surface area (TPSA) is 45.5 Å². The molecule has 2 rings (SSSR count). The maximum atomic E-state index is 11.9. The van der Waals surface area contributed by atoms with Crippen LogP contribution in [-0.4, -0.2) is 30.9 Å². The number of furan rings is 1. The van der Waals surface area contributed by atoms with Crippen LogP contribution in [0, 0.1) is 5.92 Å². The van der Waals surface area contributed by atoms with Crippen molar-refractivity contribution >= 4 is 5.91 Å². The van der Waals surface area contributed by atoms with Crippen LogP contribution >= 0.6 is 0 Å². The Bertz CT molecular complexity index is 315. The van der Waals surface area contributed by atoms with Crippen molar-refractivity contribution in [3.8, 4) is 0 Å². The van der Waals surface area contributed by atoms with Gasteiger partial charge in [0, 0.05) is 13.6 Å². The number of nitrogens with one attached hydrogen (secondary N) is 1. The Morgan fingerprint density at radius 3 is 3.20 bits per heavy atom. The lowest BCUT2D eigenvalue weighted by Crippen LogP contribution is -2.33. The second kappa shape index (κ2) is 4.49. The Balaban J connectivity index is 1.89. The van der Waals surface area contributed by atoms with Crippen molar-refractivity contribution in [2.45, 2.75) is 13.0 Å². The van der Waals surface area contributed by atoms with Gasteiger partial charge in [0.1, 0.15) is 5.76 Å². The van der Waals surface area contributed by atoms with E-state index in [1.165, 1.54) is 0 Å². The fourth-order valence-corrected chi connectivity index (χ4v) is 1.89. The van der Waals surface area contributed by atoms with E-state index in [1.54, 1.807) is 11.2 Å². The predicted octanol–water partition coefficient (Wildman–Crippen LogP) is 0.847. The molecule has 4 heteroatoms. The minimum atomic E-state index is 0.143. The molecular weight excluding hydrogens is 192 g/mol. The molecule has 82 valence electrons. The lowest BCUT2D eigenvalue weighted by molar-refractivity contribution is -0.134. The summed E-state index contributed by atoms with van der Waals surface area (Å²) in [4.78, 5) is 13.6. The molecular formula is C11H16N2O2. The fraction of sp³-hybridized carbons (Fsp3) is 0.545. The molecule has 15 heavy (non-hydrogen) atoms. The van der Waals surface area contributed by atoms with Crippen LogP contribution in [0.1, 0.15) is 12.2 Å². The van der Waals surface area contributed by atoms with Crippen LogP contribution in [0.2, 0.25) is 0 Å². The first-order chi connectivity index (χ1) is 7.27. The third-order valence-electron chi connectivity index (χ3n) is 2.76. The summed E-state index contributed by atoms with van der Waals surface area (Å²) in [6.07, 6.45) is 2.58. The van der Waals surface area contributed by atoms with E-state index < -0.39 is 0 Å². The number of nitrogens with zero attached hydrogens (tertiary/aromatic N) is 1. The summed E-state index contributed by atoms with van der Waals surface area (Å²) >= 11 is 0. The highest BCUT2D eigenvalue weighted by molar-refractivity contribution is 5.79. The molecule has 4 nitrogen and oxygen atoms in total. The smallest absolute Gasteiger partial charge is 0.227 e. The number of amides is 1. The molecule has 0 spiro atoms. The highest BCUT2D eigenvalue weighted by atomic mass is 16.3. The van der Waals surface area contributed by atoms with E-state index in [2.05, 4.69) is 5.32 Å². The number of hydrogen-bond donors (Lipinski definition) is 1. The van der Waals surface area contributed by atoms with Crippen LogP contribution in [0.4, 0.5) is 0 Å². The highest BCUT2D eigenvalue weighted by Gasteiger charge is 2.25. The van der Waals surface area contributed by atoms with Crippen LogP contribution in [0.15, 0.2) is 22.8 Å². The zero-order valence-electron chi connectivity index (χ0n) is 8.90. The number of hydrogen-bond acceptors (Lipinski definition) is 3. The quantitative estimate of drug-likeness (QED) is 0.801. The van der Waals surface area contributed by atoms with E-state index in [0.29, 0.717) is 6.54 Å². The Kier molecular flexibility index (Phi) is 3.06. The zero-order valence-corrected chi connectivity index (χ0v) is 8.90. The fourth-order valence-electron chi connectivity index (χ4n) is 1.89. The van der Waals surface area contributed by atoms with E-state index in [-0.39, 0.29) is 11.8 Å². The molecule has 1 aromatic heterocycles. The molecule has 0 radical (unpaired) electrons. The van der Waals surface area contributed by atoms with Crippen molar-refractivity contribution in [2.75, 3.05) is 20.1 Å². The minimum absolute atomic E-state index is 0.143. The third-order valence-corrected chi connectivity index (χ3v) is 2.76. The van der Waals surface area contributed by atoms with E-state index in [9.17, 15) is 4.79 Å². The zero-order chi connectivity index (χ0) is 10.7. The van der Waals surface area contributed by atoms with Crippen LogP contribution in [-0.2, 0) is 11.3 Å². The molecule has 1 saturated heterocycles. The van der Waals surface area contributed by atoms with E-state index in [1.807, 2.05) is 19.2 Å². The molecule has 2 heterocycles. The number of carbonyl (C=O) groups excluding carboxylic acids is 1. The Morgan fingerprint density at radius 2 is 2.60 bits per heavy atom. The summed E-state index contributed by atoms with van der Waals surface area (Å²) in [5.74, 6) is 1.18. The van der Waals surface area contributed by atoms with Gasteiger partial charge in [0.25, 0.3) is 0 Å². The molecule has 0 aliphatic carbocycles. The molecule has 0 saturated carbocycles. The highest BCUT2D eigenvalue weighted by Crippen LogP contribution is 2.13. The van der Waals surface area contributed by atoms with E-state index in [4.69, 9.17) is 4.42 Å². The summed E-state index contributed by atoms with van der Waals surface area (Å²) in [6, 6.07) is 3.72. The van der Waals surface area contributed by atoms with Gasteiger partial charge in [0.05, 0.1) is 18.7 Å². The molecule has 0 bridgehead atoms. The normalized spacial score (nSPS) is 20.5. The predicted molar refractivity (Wildman–Crippen MR) is 56.2 cm³/mol. The Hall–Kier alpha value is -1.29. The van der Waals surface area contributed by atoms with Crippen LogP contribution in [0.3, 0.4) is 0 Å². The summed E-state index contributed by atoms with van der Waals surface area (Å²) in [5.41, 5.74) is 0. The van der Waals surface area contributed by atoms with Gasteiger partial charge in [-0.1, -0.05) is 0 Å². The third kappa shape index (κ3) is 2.39. The first-order valence-corrected chi connectivity index (χ1v) is 5.25. The summed E-state index contributed by atoms with van der Waals surface area (Å²) in [6.45, 7) is 2.31. The van der Waals surface area contributed by atoms with Crippen LogP contribution in [0.25, 0.3) is 0 Å². The van der Waals surface area contributed by atoms with Gasteiger partial charge in [-0.15, -0.1) is 0 Å². The van der Waals surface area contributed by atoms with Gasteiger partial charge in [-0.05, 0) is 25.1 Å². The van der Waals surface area contributed by atoms with Crippen molar-refractivity contribution < 1.29 is 9.21 Å². The van der Waals surface area contributed by atoms with Crippen LogP contribution < -0.4 is 5.32 Å². The Morgan fingerprint density at radius 1 is 1.73 bits per heavy atom. The molecule has 1 amide bonds. The Labute approximate surface area is 89.2 Å². The van der Waals surface area contributed by atoms with Crippen molar-refractivity contribution in [1.29, 1.82) is 0 Å². The summed E-state index contributed by atoms with van der Waals surface area (Å²) in [5, 5.41) is 3.20. The van der Waals surface area contributed by atoms with Crippen molar-refractivity contribution in [3.63, 3.8) is 0 Å². The average molecular weight is 208 g/mol. The van der Waals surface area contributed by atoms with Gasteiger partial charge >= 0.3 is 0 Å². The second-order valence-electron chi connectivity index (χ2n) is 3.96. The number of carbonyl (C=O) groups is 1. The summed E-state index contributed by atoms with van der Waals surface area (Å²) < 4.78 is 5.21. The molecule has 1 fully saturated rings. The van der Waals surface area contributed by atoms with Crippen molar-refractivity contribution in [1.82, 2.24) is 10.2 Å². The van der Waals surface area contributed by atoms with E-state index >= 15 is 0 Å². The second-order valence-corrected chi connectivity index (χ2v) is 3.96. The molecule has 1 aliphatic heterocycles. The standard InChI is InChI=1S/C11H16N2O2/c1-13(8-10-3-2-6-15-10)11(14)9-4-5-12-7-9/h2-3,6,9,12H,4-5,7-8H2,1H3/t9-/m1/s1. The average Bonchev–Trinajstić information content (AvgIpc) is 2.88. The molecule has 1 atom stereocenters. The van der Waals surface area contributed by atoms with Gasteiger partial charge in [-0.3, -0.25) is 4.79 Å². The molecule has 1 N–H and O–H groups in total. The molecule has 0 aromatic carbocycles. The molecule has 0 unspecified atom stereocenters. The van der Waals surface area contributed by atoms with Crippen molar-refractivity contribution in [2.24, 2.45) is 5.92 Å². The van der Waals surface area contributed by atoms with E-state index in [0.717, 1.165) is 25.3 Å². The number of rotatable bonds is 3. The largest absolute Gasteiger partial charge is 0.467 e. The van der Waals surface area contributed by atoms with Gasteiger partial charge in [0.2, 0.25) is 5.91 Å². The first-order valence-electron chi connectivity index (χ1n) is 5.25. The molecule has 1 aromatic rings.